The molecule has 0 fully saturated rings. The molecular formula is C17H17N3O3. The number of nitro groups is 1. The van der Waals surface area contributed by atoms with Crippen LogP contribution in [0.5, 0.6) is 5.75 Å². The van der Waals surface area contributed by atoms with Crippen LogP contribution in [0.25, 0.3) is 10.9 Å². The molecule has 1 heterocycles. The van der Waals surface area contributed by atoms with Gasteiger partial charge in [0, 0.05) is 23.2 Å². The molecule has 6 nitrogen and oxygen atoms in total. The molecule has 23 heavy (non-hydrogen) atoms. The van der Waals surface area contributed by atoms with Crippen molar-refractivity contribution in [2.45, 2.75) is 6.04 Å². The van der Waals surface area contributed by atoms with Gasteiger partial charge >= 0.3 is 5.69 Å². The highest BCUT2D eigenvalue weighted by Gasteiger charge is 2.23. The molecule has 0 amide bonds. The van der Waals surface area contributed by atoms with Crippen molar-refractivity contribution in [3.63, 3.8) is 0 Å². The van der Waals surface area contributed by atoms with Gasteiger partial charge in [-0.15, -0.1) is 0 Å². The van der Waals surface area contributed by atoms with Gasteiger partial charge in [0.15, 0.2) is 5.75 Å². The van der Waals surface area contributed by atoms with Crippen LogP contribution < -0.4 is 0 Å². The number of nitrogens with one attached hydrogen (secondary N) is 1. The maximum absolute atomic E-state index is 11.1. The molecular weight excluding hydrogens is 294 g/mol. The van der Waals surface area contributed by atoms with Crippen LogP contribution in [-0.4, -0.2) is 34.0 Å². The largest absolute Gasteiger partial charge is 0.502 e. The van der Waals surface area contributed by atoms with Crippen molar-refractivity contribution in [3.8, 4) is 5.75 Å². The number of aromatic amines is 1. The van der Waals surface area contributed by atoms with Gasteiger partial charge in [0.2, 0.25) is 0 Å². The Morgan fingerprint density at radius 2 is 1.96 bits per heavy atom. The molecule has 3 rings (SSSR count). The Morgan fingerprint density at radius 3 is 2.65 bits per heavy atom. The van der Waals surface area contributed by atoms with Gasteiger partial charge in [-0.1, -0.05) is 24.3 Å². The molecule has 0 bridgehead atoms. The average Bonchev–Trinajstić information content (AvgIpc) is 2.92. The number of hydrogen-bond donors (Lipinski definition) is 2. The van der Waals surface area contributed by atoms with E-state index in [9.17, 15) is 15.2 Å². The summed E-state index contributed by atoms with van der Waals surface area (Å²) in [6.07, 6.45) is 1.92. The van der Waals surface area contributed by atoms with E-state index in [0.29, 0.717) is 0 Å². The Hall–Kier alpha value is -2.86. The van der Waals surface area contributed by atoms with E-state index < -0.39 is 4.92 Å². The molecule has 1 atom stereocenters. The third-order valence-electron chi connectivity index (χ3n) is 3.94. The number of hydrogen-bond acceptors (Lipinski definition) is 4. The van der Waals surface area contributed by atoms with E-state index in [2.05, 4.69) is 4.98 Å². The minimum atomic E-state index is -0.569. The third kappa shape index (κ3) is 2.64. The topological polar surface area (TPSA) is 82.4 Å². The maximum atomic E-state index is 11.1. The lowest BCUT2D eigenvalue weighted by molar-refractivity contribution is -0.385. The summed E-state index contributed by atoms with van der Waals surface area (Å²) in [5.41, 5.74) is 2.52. The van der Waals surface area contributed by atoms with Gasteiger partial charge in [-0.2, -0.15) is 0 Å². The number of nitro benzene ring substituents is 1. The van der Waals surface area contributed by atoms with Crippen LogP contribution in [0.1, 0.15) is 17.2 Å². The van der Waals surface area contributed by atoms with Crippen molar-refractivity contribution in [2.75, 3.05) is 14.1 Å². The Labute approximate surface area is 133 Å². The smallest absolute Gasteiger partial charge is 0.311 e. The van der Waals surface area contributed by atoms with E-state index in [-0.39, 0.29) is 17.5 Å². The number of aromatic nitrogens is 1. The molecule has 6 heteroatoms. The number of nitrogens with zero attached hydrogens (tertiary/aromatic N) is 2. The zero-order chi connectivity index (χ0) is 16.6. The number of benzene rings is 2. The van der Waals surface area contributed by atoms with Crippen molar-refractivity contribution in [1.29, 1.82) is 0 Å². The average molecular weight is 311 g/mol. The molecule has 118 valence electrons. The van der Waals surface area contributed by atoms with Gasteiger partial charge in [-0.3, -0.25) is 15.0 Å². The molecule has 0 spiro atoms. The van der Waals surface area contributed by atoms with E-state index in [1.165, 1.54) is 12.1 Å². The first-order chi connectivity index (χ1) is 11.0. The zero-order valence-electron chi connectivity index (χ0n) is 12.9. The fraction of sp³-hybridized carbons (Fsp3) is 0.176. The normalized spacial score (nSPS) is 12.7. The summed E-state index contributed by atoms with van der Waals surface area (Å²) < 4.78 is 0. The first kappa shape index (κ1) is 15.1. The molecule has 0 radical (unpaired) electrons. The quantitative estimate of drug-likeness (QED) is 0.571. The van der Waals surface area contributed by atoms with Gasteiger partial charge in [0.25, 0.3) is 0 Å². The number of para-hydroxylation sites is 1. The minimum Gasteiger partial charge on any atom is -0.502 e. The number of phenols is 1. The van der Waals surface area contributed by atoms with Gasteiger partial charge in [-0.25, -0.2) is 0 Å². The van der Waals surface area contributed by atoms with Crippen LogP contribution in [-0.2, 0) is 0 Å². The second-order valence-electron chi connectivity index (χ2n) is 5.66. The Bertz CT molecular complexity index is 870. The molecule has 0 aliphatic rings. The fourth-order valence-electron chi connectivity index (χ4n) is 2.93. The molecule has 2 N–H and O–H groups in total. The predicted molar refractivity (Wildman–Crippen MR) is 88.6 cm³/mol. The van der Waals surface area contributed by atoms with E-state index >= 15 is 0 Å². The number of aromatic hydroxyl groups is 1. The predicted octanol–water partition coefficient (Wildman–Crippen LogP) is 3.43. The molecule has 0 aliphatic carbocycles. The van der Waals surface area contributed by atoms with E-state index in [1.54, 1.807) is 6.07 Å². The van der Waals surface area contributed by atoms with Crippen molar-refractivity contribution in [2.24, 2.45) is 0 Å². The first-order valence-electron chi connectivity index (χ1n) is 7.19. The lowest BCUT2D eigenvalue weighted by Crippen LogP contribution is -2.21. The molecule has 0 aliphatic heterocycles. The summed E-state index contributed by atoms with van der Waals surface area (Å²) in [6.45, 7) is 0. The maximum Gasteiger partial charge on any atom is 0.311 e. The van der Waals surface area contributed by atoms with Gasteiger partial charge in [0.1, 0.15) is 0 Å². The number of phenolic OH excluding ortho intramolecular Hbond substituents is 1. The second kappa shape index (κ2) is 5.73. The van der Waals surface area contributed by atoms with Crippen LogP contribution in [0.3, 0.4) is 0 Å². The lowest BCUT2D eigenvalue weighted by Gasteiger charge is -2.24. The molecule has 0 saturated heterocycles. The number of H-pyrrole nitrogens is 1. The highest BCUT2D eigenvalue weighted by atomic mass is 16.6. The summed E-state index contributed by atoms with van der Waals surface area (Å²) in [5, 5.41) is 21.8. The van der Waals surface area contributed by atoms with Crippen LogP contribution in [0, 0.1) is 10.1 Å². The van der Waals surface area contributed by atoms with Crippen molar-refractivity contribution < 1.29 is 10.0 Å². The van der Waals surface area contributed by atoms with Crippen LogP contribution >= 0.6 is 0 Å². The van der Waals surface area contributed by atoms with E-state index in [4.69, 9.17) is 0 Å². The lowest BCUT2D eigenvalue weighted by atomic mass is 9.96. The highest BCUT2D eigenvalue weighted by molar-refractivity contribution is 5.84. The summed E-state index contributed by atoms with van der Waals surface area (Å²) in [7, 11) is 3.84. The van der Waals surface area contributed by atoms with Crippen LogP contribution in [0.2, 0.25) is 0 Å². The SMILES string of the molecule is CN(C)C(c1ccc(O)c([N+](=O)[O-])c1)c1c[nH]c2ccccc12. The van der Waals surface area contributed by atoms with Gasteiger partial charge in [0.05, 0.1) is 11.0 Å². The monoisotopic (exact) mass is 311 g/mol. The van der Waals surface area contributed by atoms with Crippen molar-refractivity contribution >= 4 is 16.6 Å². The second-order valence-corrected chi connectivity index (χ2v) is 5.66. The van der Waals surface area contributed by atoms with E-state index in [0.717, 1.165) is 22.0 Å². The fourth-order valence-corrected chi connectivity index (χ4v) is 2.93. The Kier molecular flexibility index (Phi) is 3.75. The number of rotatable bonds is 4. The summed E-state index contributed by atoms with van der Waals surface area (Å²) in [5.74, 6) is -0.324. The molecule has 1 aromatic heterocycles. The molecule has 0 saturated carbocycles. The molecule has 3 aromatic rings. The van der Waals surface area contributed by atoms with Crippen LogP contribution in [0.4, 0.5) is 5.69 Å². The zero-order valence-corrected chi connectivity index (χ0v) is 12.9. The summed E-state index contributed by atoms with van der Waals surface area (Å²) in [4.78, 5) is 15.7. The minimum absolute atomic E-state index is 0.162. The summed E-state index contributed by atoms with van der Waals surface area (Å²) >= 11 is 0. The van der Waals surface area contributed by atoms with Gasteiger partial charge < -0.3 is 10.1 Å². The Morgan fingerprint density at radius 1 is 1.22 bits per heavy atom. The van der Waals surface area contributed by atoms with Gasteiger partial charge in [-0.05, 0) is 37.4 Å². The third-order valence-corrected chi connectivity index (χ3v) is 3.94. The highest BCUT2D eigenvalue weighted by Crippen LogP contribution is 2.36. The van der Waals surface area contributed by atoms with Crippen molar-refractivity contribution in [1.82, 2.24) is 9.88 Å². The van der Waals surface area contributed by atoms with Crippen molar-refractivity contribution in [3.05, 3.63) is 69.9 Å². The standard InChI is InChI=1S/C17H17N3O3/c1-19(2)17(11-7-8-16(21)15(9-11)20(22)23)13-10-18-14-6-4-3-5-12(13)14/h3-10,17-18,21H,1-2H3. The van der Waals surface area contributed by atoms with E-state index in [1.807, 2.05) is 49.5 Å². The van der Waals surface area contributed by atoms with Crippen LogP contribution in [0.15, 0.2) is 48.7 Å². The molecule has 2 aromatic carbocycles. The Balaban J connectivity index is 2.17. The first-order valence-corrected chi connectivity index (χ1v) is 7.19. The summed E-state index contributed by atoms with van der Waals surface area (Å²) in [6, 6.07) is 12.3. The molecule has 1 unspecified atom stereocenters. The number of fused-ring (bicyclic) bond motifs is 1.